The molecule has 372 valence electrons. The number of hydrogen-bond donors (Lipinski definition) is 0. The van der Waals surface area contributed by atoms with Gasteiger partial charge in [0.25, 0.3) is 0 Å². The van der Waals surface area contributed by atoms with Crippen molar-refractivity contribution in [2.24, 2.45) is 0 Å². The predicted molar refractivity (Wildman–Crippen MR) is 267 cm³/mol. The standard InChI is InChI=1S/C56H90N2O8/c1-5-9-13-17-21-25-49(26-22-18-14-10-6-2)65-55(61)45-47-29-33-51(34-30-47)63-53(59)37-39-57-41-43-58(44-42-57)40-38-54(60)64-52-35-31-48(32-36-52)46-56(62)66-50(27-23-19-15-11-7-3)28-24-20-16-12-8-4/h29-36,49-50H,5-28,37-46H2,1-4H3. The summed E-state index contributed by atoms with van der Waals surface area (Å²) in [5, 5.41) is 0. The van der Waals surface area contributed by atoms with E-state index in [4.69, 9.17) is 18.9 Å². The number of carbonyl (C=O) groups excluding carboxylic acids is 4. The zero-order chi connectivity index (χ0) is 47.5. The molecular formula is C56H90N2O8. The van der Waals surface area contributed by atoms with Crippen molar-refractivity contribution in [1.82, 2.24) is 9.80 Å². The third-order valence-corrected chi connectivity index (χ3v) is 12.9. The first-order chi connectivity index (χ1) is 32.2. The fraction of sp³-hybridized carbons (Fsp3) is 0.714. The molecule has 0 atom stereocenters. The van der Waals surface area contributed by atoms with Gasteiger partial charge in [-0.15, -0.1) is 0 Å². The van der Waals surface area contributed by atoms with Gasteiger partial charge in [0.05, 0.1) is 25.7 Å². The predicted octanol–water partition coefficient (Wildman–Crippen LogP) is 12.9. The van der Waals surface area contributed by atoms with Gasteiger partial charge in [-0.3, -0.25) is 19.2 Å². The molecule has 0 spiro atoms. The Labute approximate surface area is 400 Å². The van der Waals surface area contributed by atoms with Crippen molar-refractivity contribution in [3.63, 3.8) is 0 Å². The van der Waals surface area contributed by atoms with Crippen LogP contribution in [-0.2, 0) is 41.5 Å². The highest BCUT2D eigenvalue weighted by Gasteiger charge is 2.21. The molecule has 0 aliphatic carbocycles. The molecule has 0 bridgehead atoms. The quantitative estimate of drug-likeness (QED) is 0.0367. The number of ether oxygens (including phenoxy) is 4. The fourth-order valence-corrected chi connectivity index (χ4v) is 8.67. The molecule has 10 heteroatoms. The van der Waals surface area contributed by atoms with Gasteiger partial charge in [-0.1, -0.05) is 155 Å². The van der Waals surface area contributed by atoms with Crippen molar-refractivity contribution in [3.8, 4) is 11.5 Å². The van der Waals surface area contributed by atoms with E-state index in [-0.39, 0.29) is 61.8 Å². The Morgan fingerprint density at radius 2 is 0.697 bits per heavy atom. The van der Waals surface area contributed by atoms with Crippen LogP contribution in [0.2, 0.25) is 0 Å². The van der Waals surface area contributed by atoms with Gasteiger partial charge in [-0.05, 0) is 86.8 Å². The zero-order valence-corrected chi connectivity index (χ0v) is 42.0. The Hall–Kier alpha value is -3.76. The lowest BCUT2D eigenvalue weighted by Gasteiger charge is -2.34. The smallest absolute Gasteiger partial charge is 0.312 e. The minimum atomic E-state index is -0.290. The number of carbonyl (C=O) groups is 4. The largest absolute Gasteiger partial charge is 0.462 e. The molecule has 1 fully saturated rings. The molecular weight excluding hydrogens is 829 g/mol. The number of esters is 4. The first kappa shape index (κ1) is 56.6. The molecule has 10 nitrogen and oxygen atoms in total. The molecule has 0 aromatic heterocycles. The Bertz CT molecular complexity index is 1430. The molecule has 3 rings (SSSR count). The van der Waals surface area contributed by atoms with Gasteiger partial charge in [0.1, 0.15) is 23.7 Å². The molecule has 1 aliphatic rings. The molecule has 0 radical (unpaired) electrons. The molecule has 0 saturated carbocycles. The second kappa shape index (κ2) is 36.3. The number of hydrogen-bond acceptors (Lipinski definition) is 10. The highest BCUT2D eigenvalue weighted by Crippen LogP contribution is 2.21. The van der Waals surface area contributed by atoms with Gasteiger partial charge >= 0.3 is 23.9 Å². The highest BCUT2D eigenvalue weighted by molar-refractivity contribution is 5.75. The summed E-state index contributed by atoms with van der Waals surface area (Å²) in [5.41, 5.74) is 1.69. The molecule has 0 N–H and O–H groups in total. The third-order valence-electron chi connectivity index (χ3n) is 12.9. The summed E-state index contributed by atoms with van der Waals surface area (Å²) in [6.07, 6.45) is 28.7. The van der Waals surface area contributed by atoms with E-state index in [9.17, 15) is 19.2 Å². The van der Waals surface area contributed by atoms with Crippen LogP contribution in [0.25, 0.3) is 0 Å². The molecule has 0 amide bonds. The number of benzene rings is 2. The molecule has 1 aliphatic heterocycles. The van der Waals surface area contributed by atoms with Crippen molar-refractivity contribution in [3.05, 3.63) is 59.7 Å². The maximum Gasteiger partial charge on any atom is 0.312 e. The van der Waals surface area contributed by atoms with Gasteiger partial charge in [-0.25, -0.2) is 0 Å². The molecule has 0 unspecified atom stereocenters. The van der Waals surface area contributed by atoms with Crippen LogP contribution >= 0.6 is 0 Å². The lowest BCUT2D eigenvalue weighted by molar-refractivity contribution is -0.150. The van der Waals surface area contributed by atoms with Gasteiger partial charge < -0.3 is 28.7 Å². The zero-order valence-electron chi connectivity index (χ0n) is 42.0. The topological polar surface area (TPSA) is 112 Å². The maximum atomic E-state index is 12.9. The maximum absolute atomic E-state index is 12.9. The van der Waals surface area contributed by atoms with Crippen LogP contribution in [0.15, 0.2) is 48.5 Å². The number of piperazine rings is 1. The normalized spacial score (nSPS) is 13.3. The van der Waals surface area contributed by atoms with Gasteiger partial charge in [0.15, 0.2) is 0 Å². The summed E-state index contributed by atoms with van der Waals surface area (Å²) in [6.45, 7) is 13.3. The Morgan fingerprint density at radius 3 is 0.985 bits per heavy atom. The van der Waals surface area contributed by atoms with E-state index in [2.05, 4.69) is 37.5 Å². The van der Waals surface area contributed by atoms with E-state index in [1.165, 1.54) is 103 Å². The summed E-state index contributed by atoms with van der Waals surface area (Å²) < 4.78 is 23.2. The van der Waals surface area contributed by atoms with Crippen LogP contribution < -0.4 is 9.47 Å². The minimum Gasteiger partial charge on any atom is -0.462 e. The van der Waals surface area contributed by atoms with Crippen LogP contribution in [0.1, 0.15) is 206 Å². The van der Waals surface area contributed by atoms with Crippen molar-refractivity contribution in [2.75, 3.05) is 39.3 Å². The SMILES string of the molecule is CCCCCCCC(CCCCCCC)OC(=O)Cc1ccc(OC(=O)CCN2CCN(CCC(=O)Oc3ccc(CC(=O)OC(CCCCCCC)CCCCCCC)cc3)CC2)cc1. The molecule has 2 aromatic carbocycles. The molecule has 1 heterocycles. The van der Waals surface area contributed by atoms with Gasteiger partial charge in [-0.2, -0.15) is 0 Å². The lowest BCUT2D eigenvalue weighted by Crippen LogP contribution is -2.47. The third kappa shape index (κ3) is 27.2. The molecule has 1 saturated heterocycles. The summed E-state index contributed by atoms with van der Waals surface area (Å²) in [4.78, 5) is 55.8. The van der Waals surface area contributed by atoms with Crippen LogP contribution in [0.3, 0.4) is 0 Å². The number of nitrogens with zero attached hydrogens (tertiary/aromatic N) is 2. The lowest BCUT2D eigenvalue weighted by atomic mass is 10.0. The van der Waals surface area contributed by atoms with E-state index in [1.54, 1.807) is 24.3 Å². The van der Waals surface area contributed by atoms with E-state index >= 15 is 0 Å². The fourth-order valence-electron chi connectivity index (χ4n) is 8.67. The van der Waals surface area contributed by atoms with Crippen LogP contribution in [0.4, 0.5) is 0 Å². The average Bonchev–Trinajstić information content (AvgIpc) is 3.31. The number of unbranched alkanes of at least 4 members (excludes halogenated alkanes) is 16. The first-order valence-corrected chi connectivity index (χ1v) is 26.6. The van der Waals surface area contributed by atoms with Crippen molar-refractivity contribution in [1.29, 1.82) is 0 Å². The second-order valence-corrected chi connectivity index (χ2v) is 18.8. The van der Waals surface area contributed by atoms with E-state index in [0.29, 0.717) is 24.6 Å². The summed E-state index contributed by atoms with van der Waals surface area (Å²) in [5.74, 6) is -0.0293. The summed E-state index contributed by atoms with van der Waals surface area (Å²) in [7, 11) is 0. The summed E-state index contributed by atoms with van der Waals surface area (Å²) in [6, 6.07) is 14.3. The van der Waals surface area contributed by atoms with Crippen LogP contribution in [0, 0.1) is 0 Å². The number of rotatable bonds is 38. The minimum absolute atomic E-state index is 0.0162. The van der Waals surface area contributed by atoms with Crippen molar-refractivity contribution >= 4 is 23.9 Å². The average molecular weight is 919 g/mol. The monoisotopic (exact) mass is 919 g/mol. The first-order valence-electron chi connectivity index (χ1n) is 26.6. The van der Waals surface area contributed by atoms with Crippen molar-refractivity contribution in [2.45, 2.75) is 220 Å². The Balaban J connectivity index is 1.30. The van der Waals surface area contributed by atoms with Crippen molar-refractivity contribution < 1.29 is 38.1 Å². The van der Waals surface area contributed by atoms with E-state index < -0.39 is 0 Å². The molecule has 2 aromatic rings. The summed E-state index contributed by atoms with van der Waals surface area (Å²) >= 11 is 0. The van der Waals surface area contributed by atoms with Gasteiger partial charge in [0, 0.05) is 39.3 Å². The second-order valence-electron chi connectivity index (χ2n) is 18.8. The molecule has 66 heavy (non-hydrogen) atoms. The van der Waals surface area contributed by atoms with E-state index in [0.717, 1.165) is 88.7 Å². The highest BCUT2D eigenvalue weighted by atomic mass is 16.6. The van der Waals surface area contributed by atoms with Gasteiger partial charge in [0.2, 0.25) is 0 Å². The van der Waals surface area contributed by atoms with Crippen LogP contribution in [0.5, 0.6) is 11.5 Å². The van der Waals surface area contributed by atoms with E-state index in [1.807, 2.05) is 24.3 Å². The Kier molecular flexibility index (Phi) is 31.1. The Morgan fingerprint density at radius 1 is 0.409 bits per heavy atom. The van der Waals surface area contributed by atoms with Crippen LogP contribution in [-0.4, -0.2) is 85.2 Å².